The summed E-state index contributed by atoms with van der Waals surface area (Å²) in [4.78, 5) is 72.8. The number of rotatable bonds is 2. The first kappa shape index (κ1) is 14.6. The fourth-order valence-electron chi connectivity index (χ4n) is 2.52. The second kappa shape index (κ2) is 4.57. The second-order valence-corrected chi connectivity index (χ2v) is 5.11. The van der Waals surface area contributed by atoms with Crippen molar-refractivity contribution in [3.8, 4) is 0 Å². The predicted octanol–water partition coefficient (Wildman–Crippen LogP) is -1.52. The molecule has 2 saturated heterocycles. The SMILES string of the molecule is C=C1CC(=O)N(C2=C(N3C(=O)CC(=C)C3=O)C(=O)NC2=O)C1=O. The molecule has 1 N–H and O–H groups in total. The summed E-state index contributed by atoms with van der Waals surface area (Å²) in [7, 11) is 0. The first-order valence-corrected chi connectivity index (χ1v) is 6.44. The summed E-state index contributed by atoms with van der Waals surface area (Å²) in [5.74, 6) is -5.33. The minimum absolute atomic E-state index is 0.0579. The van der Waals surface area contributed by atoms with Crippen LogP contribution in [0.25, 0.3) is 0 Å². The Labute approximate surface area is 128 Å². The maximum Gasteiger partial charge on any atom is 0.277 e. The van der Waals surface area contributed by atoms with Gasteiger partial charge in [0.15, 0.2) is 0 Å². The molecular formula is C14H9N3O6. The van der Waals surface area contributed by atoms with Gasteiger partial charge >= 0.3 is 0 Å². The number of carbonyl (C=O) groups is 6. The van der Waals surface area contributed by atoms with Crippen LogP contribution in [0.3, 0.4) is 0 Å². The lowest BCUT2D eigenvalue weighted by molar-refractivity contribution is -0.140. The van der Waals surface area contributed by atoms with Crippen molar-refractivity contribution < 1.29 is 28.8 Å². The first-order valence-electron chi connectivity index (χ1n) is 6.44. The molecule has 9 heteroatoms. The third-order valence-corrected chi connectivity index (χ3v) is 3.57. The van der Waals surface area contributed by atoms with Crippen LogP contribution in [0.1, 0.15) is 12.8 Å². The highest BCUT2D eigenvalue weighted by Gasteiger charge is 2.49. The molecule has 116 valence electrons. The lowest BCUT2D eigenvalue weighted by Crippen LogP contribution is -2.37. The van der Waals surface area contributed by atoms with Gasteiger partial charge in [-0.2, -0.15) is 0 Å². The molecule has 3 aliphatic heterocycles. The van der Waals surface area contributed by atoms with Crippen LogP contribution < -0.4 is 5.32 Å². The molecule has 3 aliphatic rings. The van der Waals surface area contributed by atoms with Crippen LogP contribution in [-0.2, 0) is 28.8 Å². The molecular weight excluding hydrogens is 306 g/mol. The van der Waals surface area contributed by atoms with Crippen molar-refractivity contribution in [1.82, 2.24) is 15.1 Å². The van der Waals surface area contributed by atoms with E-state index in [-0.39, 0.29) is 24.0 Å². The summed E-state index contributed by atoms with van der Waals surface area (Å²) in [6.45, 7) is 6.81. The Balaban J connectivity index is 2.20. The highest BCUT2D eigenvalue weighted by atomic mass is 16.2. The third-order valence-electron chi connectivity index (χ3n) is 3.57. The van der Waals surface area contributed by atoms with Gasteiger partial charge in [-0.3, -0.25) is 34.1 Å². The summed E-state index contributed by atoms with van der Waals surface area (Å²) in [5, 5.41) is 1.88. The van der Waals surface area contributed by atoms with Gasteiger partial charge < -0.3 is 0 Å². The Bertz CT molecular complexity index is 752. The van der Waals surface area contributed by atoms with E-state index in [1.165, 1.54) is 0 Å². The monoisotopic (exact) mass is 315 g/mol. The Morgan fingerprint density at radius 2 is 1.04 bits per heavy atom. The fourth-order valence-corrected chi connectivity index (χ4v) is 2.52. The topological polar surface area (TPSA) is 121 Å². The molecule has 0 spiro atoms. The maximum absolute atomic E-state index is 12.0. The molecule has 0 saturated carbocycles. The fraction of sp³-hybridized carbons (Fsp3) is 0.143. The Morgan fingerprint density at radius 3 is 1.30 bits per heavy atom. The van der Waals surface area contributed by atoms with Crippen LogP contribution in [0.5, 0.6) is 0 Å². The second-order valence-electron chi connectivity index (χ2n) is 5.11. The van der Waals surface area contributed by atoms with Crippen molar-refractivity contribution in [2.75, 3.05) is 0 Å². The van der Waals surface area contributed by atoms with Crippen molar-refractivity contribution in [3.63, 3.8) is 0 Å². The molecule has 2 fully saturated rings. The smallest absolute Gasteiger partial charge is 0.277 e. The number of imide groups is 3. The number of amides is 6. The summed E-state index contributed by atoms with van der Waals surface area (Å²) in [6, 6.07) is 0. The van der Waals surface area contributed by atoms with Gasteiger partial charge in [-0.25, -0.2) is 9.80 Å². The number of carbonyl (C=O) groups excluding carboxylic acids is 6. The van der Waals surface area contributed by atoms with Gasteiger partial charge in [0, 0.05) is 11.1 Å². The van der Waals surface area contributed by atoms with Crippen LogP contribution in [0.4, 0.5) is 0 Å². The standard InChI is InChI=1S/C14H9N3O6/c1-5-3-7(18)16(13(5)22)9-10(12(21)15-11(9)20)17-8(19)4-6(2)14(17)23/h1-4H2,(H,15,20,21). The lowest BCUT2D eigenvalue weighted by atomic mass is 10.2. The Morgan fingerprint density at radius 1 is 0.696 bits per heavy atom. The van der Waals surface area contributed by atoms with E-state index < -0.39 is 46.8 Å². The van der Waals surface area contributed by atoms with Crippen LogP contribution in [0, 0.1) is 0 Å². The molecule has 3 rings (SSSR count). The van der Waals surface area contributed by atoms with Crippen LogP contribution in [0.2, 0.25) is 0 Å². The van der Waals surface area contributed by atoms with Gasteiger partial charge in [-0.05, 0) is 0 Å². The highest BCUT2D eigenvalue weighted by Crippen LogP contribution is 2.31. The molecule has 0 aromatic rings. The molecule has 0 radical (unpaired) electrons. The van der Waals surface area contributed by atoms with Gasteiger partial charge in [-0.1, -0.05) is 13.2 Å². The van der Waals surface area contributed by atoms with E-state index in [9.17, 15) is 28.8 Å². The van der Waals surface area contributed by atoms with Gasteiger partial charge in [0.05, 0.1) is 12.8 Å². The van der Waals surface area contributed by atoms with E-state index in [0.717, 1.165) is 0 Å². The third kappa shape index (κ3) is 1.86. The average Bonchev–Trinajstić information content (AvgIpc) is 2.96. The summed E-state index contributed by atoms with van der Waals surface area (Å²) < 4.78 is 0. The van der Waals surface area contributed by atoms with Crippen LogP contribution >= 0.6 is 0 Å². The minimum atomic E-state index is -1.04. The van der Waals surface area contributed by atoms with E-state index in [1.807, 2.05) is 5.32 Å². The molecule has 0 aliphatic carbocycles. The largest absolute Gasteiger partial charge is 0.285 e. The van der Waals surface area contributed by atoms with Gasteiger partial charge in [0.25, 0.3) is 23.6 Å². The summed E-state index contributed by atoms with van der Waals surface area (Å²) in [5.41, 5.74) is -1.39. The quantitative estimate of drug-likeness (QED) is 0.488. The van der Waals surface area contributed by atoms with Crippen molar-refractivity contribution in [2.24, 2.45) is 0 Å². The molecule has 0 aromatic heterocycles. The minimum Gasteiger partial charge on any atom is -0.285 e. The Hall–Kier alpha value is -3.36. The molecule has 23 heavy (non-hydrogen) atoms. The first-order chi connectivity index (χ1) is 10.7. The zero-order chi connectivity index (χ0) is 17.0. The van der Waals surface area contributed by atoms with E-state index >= 15 is 0 Å². The predicted molar refractivity (Wildman–Crippen MR) is 71.4 cm³/mol. The normalized spacial score (nSPS) is 22.3. The highest BCUT2D eigenvalue weighted by molar-refractivity contribution is 6.29. The van der Waals surface area contributed by atoms with E-state index in [2.05, 4.69) is 13.2 Å². The molecule has 0 atom stereocenters. The zero-order valence-corrected chi connectivity index (χ0v) is 11.7. The van der Waals surface area contributed by atoms with Crippen LogP contribution in [0.15, 0.2) is 35.7 Å². The van der Waals surface area contributed by atoms with Crippen molar-refractivity contribution in [1.29, 1.82) is 0 Å². The number of hydrogen-bond donors (Lipinski definition) is 1. The molecule has 0 unspecified atom stereocenters. The number of likely N-dealkylation sites (tertiary alicyclic amines) is 2. The van der Waals surface area contributed by atoms with Crippen LogP contribution in [-0.4, -0.2) is 45.2 Å². The summed E-state index contributed by atoms with van der Waals surface area (Å²) >= 11 is 0. The molecule has 6 amide bonds. The maximum atomic E-state index is 12.0. The molecule has 9 nitrogen and oxygen atoms in total. The van der Waals surface area contributed by atoms with Crippen molar-refractivity contribution in [3.05, 3.63) is 35.7 Å². The lowest BCUT2D eigenvalue weighted by Gasteiger charge is -2.18. The molecule has 0 bridgehead atoms. The van der Waals surface area contributed by atoms with Crippen molar-refractivity contribution in [2.45, 2.75) is 12.8 Å². The van der Waals surface area contributed by atoms with Gasteiger partial charge in [-0.15, -0.1) is 0 Å². The van der Waals surface area contributed by atoms with E-state index in [0.29, 0.717) is 9.80 Å². The number of nitrogens with one attached hydrogen (secondary N) is 1. The molecule has 0 aromatic carbocycles. The molecule has 3 heterocycles. The van der Waals surface area contributed by atoms with E-state index in [1.54, 1.807) is 0 Å². The van der Waals surface area contributed by atoms with Crippen molar-refractivity contribution >= 4 is 35.4 Å². The number of nitrogens with zero attached hydrogens (tertiary/aromatic N) is 2. The Kier molecular flexibility index (Phi) is 2.89. The van der Waals surface area contributed by atoms with Gasteiger partial charge in [0.1, 0.15) is 11.4 Å². The number of hydrogen-bond acceptors (Lipinski definition) is 6. The zero-order valence-electron chi connectivity index (χ0n) is 11.7. The average molecular weight is 315 g/mol. The van der Waals surface area contributed by atoms with Gasteiger partial charge in [0.2, 0.25) is 11.8 Å². The van der Waals surface area contributed by atoms with E-state index in [4.69, 9.17) is 0 Å². The summed E-state index contributed by atoms with van der Waals surface area (Å²) in [6.07, 6.45) is -0.628.